The van der Waals surface area contributed by atoms with Crippen LogP contribution in [0.5, 0.6) is 0 Å². The highest BCUT2D eigenvalue weighted by atomic mass is 16.5. The van der Waals surface area contributed by atoms with Crippen LogP contribution in [0.15, 0.2) is 48.5 Å². The smallest absolute Gasteiger partial charge is 0.407 e. The topological polar surface area (TPSA) is 105 Å². The van der Waals surface area contributed by atoms with E-state index < -0.39 is 23.5 Å². The maximum atomic E-state index is 12.6. The number of carboxylic acid groups (broad SMARTS) is 1. The van der Waals surface area contributed by atoms with Crippen LogP contribution in [0.2, 0.25) is 0 Å². The maximum Gasteiger partial charge on any atom is 0.407 e. The first-order chi connectivity index (χ1) is 16.6. The zero-order valence-electron chi connectivity index (χ0n) is 20.5. The summed E-state index contributed by atoms with van der Waals surface area (Å²) in [5, 5.41) is 15.0. The number of rotatable bonds is 9. The average molecular weight is 479 g/mol. The van der Waals surface area contributed by atoms with E-state index in [4.69, 9.17) is 4.74 Å². The Morgan fingerprint density at radius 1 is 1.00 bits per heavy atom. The Balaban J connectivity index is 1.31. The molecule has 2 aliphatic carbocycles. The van der Waals surface area contributed by atoms with Gasteiger partial charge in [0.15, 0.2) is 0 Å². The maximum absolute atomic E-state index is 12.6. The number of nitrogens with one attached hydrogen (secondary N) is 2. The molecule has 2 aromatic rings. The van der Waals surface area contributed by atoms with Gasteiger partial charge in [0.25, 0.3) is 0 Å². The molecule has 7 nitrogen and oxygen atoms in total. The Hall–Kier alpha value is -3.35. The van der Waals surface area contributed by atoms with Gasteiger partial charge < -0.3 is 20.5 Å². The first-order valence-corrected chi connectivity index (χ1v) is 12.3. The first kappa shape index (κ1) is 24.8. The van der Waals surface area contributed by atoms with Crippen molar-refractivity contribution in [3.63, 3.8) is 0 Å². The molecule has 4 rings (SSSR count). The summed E-state index contributed by atoms with van der Waals surface area (Å²) in [7, 11) is 0. The fourth-order valence-corrected chi connectivity index (χ4v) is 4.94. The van der Waals surface area contributed by atoms with Gasteiger partial charge in [-0.05, 0) is 52.3 Å². The van der Waals surface area contributed by atoms with Gasteiger partial charge in [0.05, 0.1) is 0 Å². The summed E-state index contributed by atoms with van der Waals surface area (Å²) < 4.78 is 5.61. The van der Waals surface area contributed by atoms with Crippen molar-refractivity contribution >= 4 is 18.0 Å². The lowest BCUT2D eigenvalue weighted by Crippen LogP contribution is -2.49. The molecule has 0 bridgehead atoms. The summed E-state index contributed by atoms with van der Waals surface area (Å²) in [6, 6.07) is 15.4. The molecule has 7 heteroatoms. The molecule has 1 unspecified atom stereocenters. The summed E-state index contributed by atoms with van der Waals surface area (Å²) in [6.07, 6.45) is 1.68. The molecule has 0 heterocycles. The second kappa shape index (κ2) is 10.1. The van der Waals surface area contributed by atoms with E-state index in [2.05, 4.69) is 34.9 Å². The summed E-state index contributed by atoms with van der Waals surface area (Å²) in [5.41, 5.74) is 4.05. The molecule has 1 saturated carbocycles. The van der Waals surface area contributed by atoms with Crippen molar-refractivity contribution in [1.82, 2.24) is 10.6 Å². The third kappa shape index (κ3) is 5.84. The summed E-state index contributed by atoms with van der Waals surface area (Å²) >= 11 is 0. The number of hydrogen-bond acceptors (Lipinski definition) is 4. The van der Waals surface area contributed by atoms with Crippen LogP contribution < -0.4 is 10.6 Å². The van der Waals surface area contributed by atoms with E-state index in [9.17, 15) is 19.5 Å². The van der Waals surface area contributed by atoms with E-state index in [-0.39, 0.29) is 30.8 Å². The summed E-state index contributed by atoms with van der Waals surface area (Å²) in [4.78, 5) is 36.7. The number of fused-ring (bicyclic) bond motifs is 3. The summed E-state index contributed by atoms with van der Waals surface area (Å²) in [5.74, 6) is -1.06. The fraction of sp³-hybridized carbons (Fsp3) is 0.464. The minimum absolute atomic E-state index is 0.0106. The molecule has 2 amide bonds. The largest absolute Gasteiger partial charge is 0.480 e. The quantitative estimate of drug-likeness (QED) is 0.490. The highest BCUT2D eigenvalue weighted by Gasteiger charge is 2.36. The van der Waals surface area contributed by atoms with Crippen molar-refractivity contribution in [3.8, 4) is 11.1 Å². The summed E-state index contributed by atoms with van der Waals surface area (Å²) in [6.45, 7) is 5.90. The number of carboxylic acids is 1. The number of benzene rings is 2. The second-order valence-corrected chi connectivity index (χ2v) is 10.7. The number of alkyl carbamates (subject to hydrolysis) is 1. The predicted molar refractivity (Wildman–Crippen MR) is 133 cm³/mol. The molecule has 186 valence electrons. The van der Waals surface area contributed by atoms with Crippen molar-refractivity contribution in [2.24, 2.45) is 17.3 Å². The van der Waals surface area contributed by atoms with Crippen LogP contribution in [-0.2, 0) is 14.3 Å². The highest BCUT2D eigenvalue weighted by molar-refractivity contribution is 5.84. The van der Waals surface area contributed by atoms with Crippen LogP contribution in [0, 0.1) is 17.3 Å². The van der Waals surface area contributed by atoms with E-state index in [0.717, 1.165) is 24.0 Å². The molecule has 0 spiro atoms. The van der Waals surface area contributed by atoms with E-state index in [1.807, 2.05) is 24.3 Å². The molecule has 0 saturated heterocycles. The Kier molecular flexibility index (Phi) is 7.15. The molecule has 2 aromatic carbocycles. The molecular formula is C28H34N2O5. The van der Waals surface area contributed by atoms with Gasteiger partial charge in [-0.3, -0.25) is 4.79 Å². The van der Waals surface area contributed by atoms with Gasteiger partial charge in [-0.25, -0.2) is 9.59 Å². The van der Waals surface area contributed by atoms with Gasteiger partial charge in [-0.2, -0.15) is 0 Å². The second-order valence-electron chi connectivity index (χ2n) is 10.7. The van der Waals surface area contributed by atoms with Crippen LogP contribution in [0.1, 0.15) is 57.1 Å². The molecule has 35 heavy (non-hydrogen) atoms. The van der Waals surface area contributed by atoms with Crippen molar-refractivity contribution in [2.45, 2.75) is 52.0 Å². The van der Waals surface area contributed by atoms with E-state index in [1.165, 1.54) is 11.1 Å². The van der Waals surface area contributed by atoms with Gasteiger partial charge in [0, 0.05) is 18.9 Å². The predicted octanol–water partition coefficient (Wildman–Crippen LogP) is 4.56. The van der Waals surface area contributed by atoms with Crippen LogP contribution in [0.4, 0.5) is 4.79 Å². The minimum atomic E-state index is -1.05. The van der Waals surface area contributed by atoms with Crippen molar-refractivity contribution in [3.05, 3.63) is 59.7 Å². The van der Waals surface area contributed by atoms with Gasteiger partial charge in [0.2, 0.25) is 5.91 Å². The number of hydrogen-bond donors (Lipinski definition) is 3. The van der Waals surface area contributed by atoms with Gasteiger partial charge in [0.1, 0.15) is 12.6 Å². The molecule has 0 aliphatic heterocycles. The molecule has 0 aromatic heterocycles. The monoisotopic (exact) mass is 478 g/mol. The molecule has 3 N–H and O–H groups in total. The lowest BCUT2D eigenvalue weighted by molar-refractivity contribution is -0.145. The number of ether oxygens (including phenoxy) is 1. The Morgan fingerprint density at radius 2 is 1.57 bits per heavy atom. The van der Waals surface area contributed by atoms with Gasteiger partial charge in [-0.1, -0.05) is 69.3 Å². The number of aliphatic carboxylic acids is 1. The SMILES string of the molecule is CC(C)(C)[C@H](NC(=O)CC(CNC(=O)OCC1c2ccccc2-c2ccccc21)C1CC1)C(=O)O. The Bertz CT molecular complexity index is 1060. The van der Waals surface area contributed by atoms with Crippen LogP contribution >= 0.6 is 0 Å². The highest BCUT2D eigenvalue weighted by Crippen LogP contribution is 2.44. The Labute approximate surface area is 206 Å². The minimum Gasteiger partial charge on any atom is -0.480 e. The number of carbonyl (C=O) groups is 3. The molecular weight excluding hydrogens is 444 g/mol. The molecule has 1 fully saturated rings. The van der Waals surface area contributed by atoms with Crippen molar-refractivity contribution < 1.29 is 24.2 Å². The zero-order valence-corrected chi connectivity index (χ0v) is 20.5. The third-order valence-corrected chi connectivity index (χ3v) is 7.01. The van der Waals surface area contributed by atoms with E-state index in [1.54, 1.807) is 20.8 Å². The fourth-order valence-electron chi connectivity index (χ4n) is 4.94. The lowest BCUT2D eigenvalue weighted by atomic mass is 9.86. The zero-order chi connectivity index (χ0) is 25.2. The molecule has 0 radical (unpaired) electrons. The number of carbonyl (C=O) groups excluding carboxylic acids is 2. The first-order valence-electron chi connectivity index (χ1n) is 12.3. The van der Waals surface area contributed by atoms with Gasteiger partial charge in [-0.15, -0.1) is 0 Å². The normalized spacial score (nSPS) is 16.5. The van der Waals surface area contributed by atoms with Crippen molar-refractivity contribution in [1.29, 1.82) is 0 Å². The lowest BCUT2D eigenvalue weighted by Gasteiger charge is -2.28. The molecule has 2 atom stereocenters. The van der Waals surface area contributed by atoms with Crippen LogP contribution in [-0.4, -0.2) is 42.3 Å². The number of amides is 2. The third-order valence-electron chi connectivity index (χ3n) is 7.01. The van der Waals surface area contributed by atoms with E-state index >= 15 is 0 Å². The van der Waals surface area contributed by atoms with Gasteiger partial charge >= 0.3 is 12.1 Å². The Morgan fingerprint density at radius 3 is 2.09 bits per heavy atom. The van der Waals surface area contributed by atoms with E-state index in [0.29, 0.717) is 12.5 Å². The van der Waals surface area contributed by atoms with Crippen molar-refractivity contribution in [2.75, 3.05) is 13.2 Å². The average Bonchev–Trinajstić information content (AvgIpc) is 3.61. The standard InChI is InChI=1S/C28H34N2O5/c1-28(2,3)25(26(32)33)30-24(31)14-18(17-12-13-17)15-29-27(34)35-16-23-21-10-6-4-8-19(21)20-9-5-7-11-22(20)23/h4-11,17-18,23,25H,12-16H2,1-3H3,(H,29,34)(H,30,31)(H,32,33)/t18?,25-/m1/s1. The molecule has 2 aliphatic rings. The van der Waals surface area contributed by atoms with Crippen LogP contribution in [0.3, 0.4) is 0 Å². The van der Waals surface area contributed by atoms with Crippen LogP contribution in [0.25, 0.3) is 11.1 Å².